The van der Waals surface area contributed by atoms with E-state index >= 15 is 0 Å². The second kappa shape index (κ2) is 6.16. The molecule has 0 saturated carbocycles. The SMILES string of the molecule is COc1ccccc1SCc1cc(N)cc(Br)c1. The molecule has 0 bridgehead atoms. The Balaban J connectivity index is 2.11. The molecule has 0 aliphatic heterocycles. The first-order valence-corrected chi connectivity index (χ1v) is 7.27. The predicted molar refractivity (Wildman–Crippen MR) is 81.1 cm³/mol. The van der Waals surface area contributed by atoms with Gasteiger partial charge in [0, 0.05) is 20.8 Å². The third kappa shape index (κ3) is 3.43. The van der Waals surface area contributed by atoms with Crippen molar-refractivity contribution in [3.05, 3.63) is 52.5 Å². The number of nitrogens with two attached hydrogens (primary N) is 1. The van der Waals surface area contributed by atoms with Crippen LogP contribution in [-0.4, -0.2) is 7.11 Å². The van der Waals surface area contributed by atoms with Crippen molar-refractivity contribution < 1.29 is 4.74 Å². The molecule has 0 amide bonds. The molecular weight excluding hydrogens is 310 g/mol. The molecule has 2 aromatic rings. The molecule has 18 heavy (non-hydrogen) atoms. The number of para-hydroxylation sites is 1. The summed E-state index contributed by atoms with van der Waals surface area (Å²) in [5.41, 5.74) is 7.79. The number of halogens is 1. The van der Waals surface area contributed by atoms with Gasteiger partial charge < -0.3 is 10.5 Å². The Morgan fingerprint density at radius 3 is 2.72 bits per heavy atom. The Labute approximate surface area is 120 Å². The molecule has 0 atom stereocenters. The molecule has 0 spiro atoms. The van der Waals surface area contributed by atoms with Gasteiger partial charge in [0.2, 0.25) is 0 Å². The number of nitrogen functional groups attached to an aromatic ring is 1. The van der Waals surface area contributed by atoms with Crippen molar-refractivity contribution in [2.24, 2.45) is 0 Å². The van der Waals surface area contributed by atoms with Gasteiger partial charge in [-0.05, 0) is 35.9 Å². The van der Waals surface area contributed by atoms with Crippen LogP contribution in [0, 0.1) is 0 Å². The fourth-order valence-electron chi connectivity index (χ4n) is 1.66. The van der Waals surface area contributed by atoms with Crippen molar-refractivity contribution >= 4 is 33.4 Å². The number of methoxy groups -OCH3 is 1. The van der Waals surface area contributed by atoms with Crippen molar-refractivity contribution in [2.45, 2.75) is 10.6 Å². The third-order valence-corrected chi connectivity index (χ3v) is 4.03. The zero-order chi connectivity index (χ0) is 13.0. The van der Waals surface area contributed by atoms with Gasteiger partial charge >= 0.3 is 0 Å². The van der Waals surface area contributed by atoms with Gasteiger partial charge in [0.05, 0.1) is 7.11 Å². The van der Waals surface area contributed by atoms with E-state index in [1.165, 1.54) is 5.56 Å². The molecule has 2 N–H and O–H groups in total. The Morgan fingerprint density at radius 2 is 2.00 bits per heavy atom. The topological polar surface area (TPSA) is 35.2 Å². The van der Waals surface area contributed by atoms with Crippen LogP contribution >= 0.6 is 27.7 Å². The molecule has 94 valence electrons. The van der Waals surface area contributed by atoms with E-state index in [2.05, 4.69) is 28.1 Å². The lowest BCUT2D eigenvalue weighted by molar-refractivity contribution is 0.405. The highest BCUT2D eigenvalue weighted by atomic mass is 79.9. The highest BCUT2D eigenvalue weighted by Crippen LogP contribution is 2.32. The summed E-state index contributed by atoms with van der Waals surface area (Å²) < 4.78 is 6.34. The first-order chi connectivity index (χ1) is 8.69. The summed E-state index contributed by atoms with van der Waals surface area (Å²) in [6.45, 7) is 0. The second-order valence-corrected chi connectivity index (χ2v) is 5.77. The Hall–Kier alpha value is -1.13. The summed E-state index contributed by atoms with van der Waals surface area (Å²) in [4.78, 5) is 1.14. The first kappa shape index (κ1) is 13.3. The zero-order valence-electron chi connectivity index (χ0n) is 10.0. The minimum atomic E-state index is 0.778. The maximum atomic E-state index is 5.82. The zero-order valence-corrected chi connectivity index (χ0v) is 12.4. The molecule has 0 fully saturated rings. The number of rotatable bonds is 4. The Kier molecular flexibility index (Phi) is 4.55. The van der Waals surface area contributed by atoms with E-state index in [1.54, 1.807) is 18.9 Å². The molecule has 4 heteroatoms. The van der Waals surface area contributed by atoms with Crippen molar-refractivity contribution in [1.29, 1.82) is 0 Å². The van der Waals surface area contributed by atoms with Gasteiger partial charge in [0.25, 0.3) is 0 Å². The molecule has 0 aromatic heterocycles. The number of ether oxygens (including phenoxy) is 1. The molecule has 0 saturated heterocycles. The Bertz CT molecular complexity index is 525. The molecule has 0 unspecified atom stereocenters. The van der Waals surface area contributed by atoms with Crippen LogP contribution in [0.25, 0.3) is 0 Å². The summed E-state index contributed by atoms with van der Waals surface area (Å²) >= 11 is 5.19. The van der Waals surface area contributed by atoms with Crippen LogP contribution < -0.4 is 10.5 Å². The van der Waals surface area contributed by atoms with E-state index in [0.717, 1.165) is 26.6 Å². The standard InChI is InChI=1S/C14H14BrNOS/c1-17-13-4-2-3-5-14(13)18-9-10-6-11(15)8-12(16)7-10/h2-8H,9,16H2,1H3. The van der Waals surface area contributed by atoms with Crippen LogP contribution in [0.4, 0.5) is 5.69 Å². The normalized spacial score (nSPS) is 10.3. The lowest BCUT2D eigenvalue weighted by Crippen LogP contribution is -1.89. The minimum Gasteiger partial charge on any atom is -0.496 e. The number of benzene rings is 2. The Morgan fingerprint density at radius 1 is 1.22 bits per heavy atom. The summed E-state index contributed by atoms with van der Waals surface area (Å²) in [6, 6.07) is 14.0. The maximum Gasteiger partial charge on any atom is 0.132 e. The molecule has 2 aromatic carbocycles. The van der Waals surface area contributed by atoms with Crippen molar-refractivity contribution in [3.63, 3.8) is 0 Å². The quantitative estimate of drug-likeness (QED) is 0.671. The average Bonchev–Trinajstić information content (AvgIpc) is 2.35. The summed E-state index contributed by atoms with van der Waals surface area (Å²) in [5, 5.41) is 0. The van der Waals surface area contributed by atoms with Crippen LogP contribution in [0.2, 0.25) is 0 Å². The van der Waals surface area contributed by atoms with Gasteiger partial charge in [-0.1, -0.05) is 28.1 Å². The van der Waals surface area contributed by atoms with Gasteiger partial charge in [-0.3, -0.25) is 0 Å². The largest absolute Gasteiger partial charge is 0.496 e. The average molecular weight is 324 g/mol. The van der Waals surface area contributed by atoms with Crippen LogP contribution in [0.1, 0.15) is 5.56 Å². The van der Waals surface area contributed by atoms with Gasteiger partial charge in [-0.2, -0.15) is 0 Å². The summed E-state index contributed by atoms with van der Waals surface area (Å²) in [7, 11) is 1.69. The third-order valence-electron chi connectivity index (χ3n) is 2.44. The maximum absolute atomic E-state index is 5.82. The molecule has 0 aliphatic rings. The number of thioether (sulfide) groups is 1. The van der Waals surface area contributed by atoms with E-state index in [0.29, 0.717) is 0 Å². The molecule has 0 aliphatic carbocycles. The van der Waals surface area contributed by atoms with Crippen LogP contribution in [-0.2, 0) is 5.75 Å². The van der Waals surface area contributed by atoms with Gasteiger partial charge in [-0.25, -0.2) is 0 Å². The number of hydrogen-bond acceptors (Lipinski definition) is 3. The van der Waals surface area contributed by atoms with E-state index in [4.69, 9.17) is 10.5 Å². The fourth-order valence-corrected chi connectivity index (χ4v) is 3.17. The number of anilines is 1. The van der Waals surface area contributed by atoms with E-state index < -0.39 is 0 Å². The van der Waals surface area contributed by atoms with E-state index in [9.17, 15) is 0 Å². The first-order valence-electron chi connectivity index (χ1n) is 5.50. The van der Waals surface area contributed by atoms with Crippen LogP contribution in [0.5, 0.6) is 5.75 Å². The lowest BCUT2D eigenvalue weighted by atomic mass is 10.2. The van der Waals surface area contributed by atoms with Gasteiger partial charge in [0.1, 0.15) is 5.75 Å². The van der Waals surface area contributed by atoms with Gasteiger partial charge in [-0.15, -0.1) is 11.8 Å². The van der Waals surface area contributed by atoms with Crippen molar-refractivity contribution in [2.75, 3.05) is 12.8 Å². The molecule has 0 radical (unpaired) electrons. The molecule has 0 heterocycles. The van der Waals surface area contributed by atoms with E-state index in [1.807, 2.05) is 30.3 Å². The van der Waals surface area contributed by atoms with Crippen molar-refractivity contribution in [3.8, 4) is 5.75 Å². The number of hydrogen-bond donors (Lipinski definition) is 1. The van der Waals surface area contributed by atoms with Crippen molar-refractivity contribution in [1.82, 2.24) is 0 Å². The van der Waals surface area contributed by atoms with E-state index in [-0.39, 0.29) is 0 Å². The summed E-state index contributed by atoms with van der Waals surface area (Å²) in [5.74, 6) is 1.77. The predicted octanol–water partition coefficient (Wildman–Crippen LogP) is 4.33. The monoisotopic (exact) mass is 323 g/mol. The molecule has 2 nitrogen and oxygen atoms in total. The van der Waals surface area contributed by atoms with Crippen LogP contribution in [0.3, 0.4) is 0 Å². The molecule has 2 rings (SSSR count). The highest BCUT2D eigenvalue weighted by molar-refractivity contribution is 9.10. The molecular formula is C14H14BrNOS. The smallest absolute Gasteiger partial charge is 0.132 e. The lowest BCUT2D eigenvalue weighted by Gasteiger charge is -2.08. The van der Waals surface area contributed by atoms with Gasteiger partial charge in [0.15, 0.2) is 0 Å². The minimum absolute atomic E-state index is 0.778. The summed E-state index contributed by atoms with van der Waals surface area (Å²) in [6.07, 6.45) is 0. The highest BCUT2D eigenvalue weighted by Gasteiger charge is 2.04. The fraction of sp³-hybridized carbons (Fsp3) is 0.143. The second-order valence-electron chi connectivity index (χ2n) is 3.83. The van der Waals surface area contributed by atoms with Crippen LogP contribution in [0.15, 0.2) is 51.8 Å².